The average Bonchev–Trinajstić information content (AvgIpc) is 2.55. The summed E-state index contributed by atoms with van der Waals surface area (Å²) in [5, 5.41) is 3.35. The smallest absolute Gasteiger partial charge is 0.267 e. The summed E-state index contributed by atoms with van der Waals surface area (Å²) in [7, 11) is -3.55. The molecule has 0 aromatic heterocycles. The molecule has 0 saturated carbocycles. The van der Waals surface area contributed by atoms with E-state index >= 15 is 0 Å². The van der Waals surface area contributed by atoms with Crippen LogP contribution in [0.25, 0.3) is 0 Å². The summed E-state index contributed by atoms with van der Waals surface area (Å²) in [5.41, 5.74) is 2.75. The summed E-state index contributed by atoms with van der Waals surface area (Å²) in [4.78, 5) is 12.7. The fraction of sp³-hybridized carbons (Fsp3) is 0.278. The van der Waals surface area contributed by atoms with E-state index in [0.29, 0.717) is 22.1 Å². The molecule has 1 heterocycles. The predicted octanol–water partition coefficient (Wildman–Crippen LogP) is 3.12. The molecule has 0 saturated heterocycles. The minimum absolute atomic E-state index is 0.0895. The number of hydrogen-bond acceptors (Lipinski definition) is 4. The Kier molecular flexibility index (Phi) is 4.86. The van der Waals surface area contributed by atoms with Gasteiger partial charge in [0.05, 0.1) is 18.5 Å². The molecular weight excluding hydrogens is 376 g/mol. The zero-order valence-electron chi connectivity index (χ0n) is 14.6. The number of carbonyl (C=O) groups excluding carboxylic acids is 1. The summed E-state index contributed by atoms with van der Waals surface area (Å²) in [5.74, 6) is -0.0597. The Labute approximate surface area is 157 Å². The lowest BCUT2D eigenvalue weighted by Gasteiger charge is -2.34. The first kappa shape index (κ1) is 18.5. The lowest BCUT2D eigenvalue weighted by molar-refractivity contribution is -0.122. The quantitative estimate of drug-likeness (QED) is 0.867. The van der Waals surface area contributed by atoms with Gasteiger partial charge in [0.25, 0.3) is 5.91 Å². The molecule has 26 heavy (non-hydrogen) atoms. The standard InChI is InChI=1S/C18H19ClN2O4S/c1-11-4-7-16-15(8-11)21(26(3,23)24)10-17(25-16)18(22)20-14-6-5-13(19)9-12(14)2/h4-9,17H,10H2,1-3H3,(H,20,22)/t17-/m0/s1. The van der Waals surface area contributed by atoms with Crippen LogP contribution in [0.5, 0.6) is 5.75 Å². The van der Waals surface area contributed by atoms with Crippen molar-refractivity contribution in [3.8, 4) is 5.75 Å². The Bertz CT molecular complexity index is 975. The number of amides is 1. The molecule has 1 aliphatic heterocycles. The number of nitrogens with one attached hydrogen (secondary N) is 1. The van der Waals surface area contributed by atoms with Gasteiger partial charge < -0.3 is 10.1 Å². The van der Waals surface area contributed by atoms with Gasteiger partial charge in [-0.3, -0.25) is 9.10 Å². The Morgan fingerprint density at radius 2 is 1.96 bits per heavy atom. The van der Waals surface area contributed by atoms with Crippen LogP contribution in [0.3, 0.4) is 0 Å². The van der Waals surface area contributed by atoms with Crippen LogP contribution in [0.2, 0.25) is 5.02 Å². The van der Waals surface area contributed by atoms with Crippen LogP contribution in [0.15, 0.2) is 36.4 Å². The molecule has 2 aromatic rings. The molecule has 6 nitrogen and oxygen atoms in total. The average molecular weight is 395 g/mol. The van der Waals surface area contributed by atoms with Crippen LogP contribution in [0, 0.1) is 13.8 Å². The van der Waals surface area contributed by atoms with Gasteiger partial charge in [-0.1, -0.05) is 17.7 Å². The highest BCUT2D eigenvalue weighted by atomic mass is 35.5. The van der Waals surface area contributed by atoms with E-state index in [1.807, 2.05) is 19.9 Å². The van der Waals surface area contributed by atoms with Gasteiger partial charge in [0.1, 0.15) is 5.75 Å². The molecule has 0 spiro atoms. The van der Waals surface area contributed by atoms with E-state index in [9.17, 15) is 13.2 Å². The fourth-order valence-corrected chi connectivity index (χ4v) is 3.93. The van der Waals surface area contributed by atoms with Crippen LogP contribution in [0.4, 0.5) is 11.4 Å². The third-order valence-corrected chi connectivity index (χ3v) is 5.50. The second-order valence-corrected chi connectivity index (χ2v) is 8.66. The van der Waals surface area contributed by atoms with Gasteiger partial charge in [-0.05, 0) is 55.3 Å². The molecule has 0 aliphatic carbocycles. The van der Waals surface area contributed by atoms with Gasteiger partial charge >= 0.3 is 0 Å². The molecule has 0 fully saturated rings. The summed E-state index contributed by atoms with van der Waals surface area (Å²) in [6.07, 6.45) is 0.151. The van der Waals surface area contributed by atoms with Crippen molar-refractivity contribution in [2.45, 2.75) is 20.0 Å². The summed E-state index contributed by atoms with van der Waals surface area (Å²) in [6, 6.07) is 10.3. The van der Waals surface area contributed by atoms with Crippen LogP contribution >= 0.6 is 11.6 Å². The van der Waals surface area contributed by atoms with Gasteiger partial charge in [0.15, 0.2) is 6.10 Å². The van der Waals surface area contributed by atoms with E-state index in [-0.39, 0.29) is 6.54 Å². The lowest BCUT2D eigenvalue weighted by Crippen LogP contribution is -2.48. The third kappa shape index (κ3) is 3.78. The Hall–Kier alpha value is -2.25. The number of hydrogen-bond donors (Lipinski definition) is 1. The van der Waals surface area contributed by atoms with Gasteiger partial charge in [-0.2, -0.15) is 0 Å². The first-order valence-electron chi connectivity index (χ1n) is 7.97. The number of sulfonamides is 1. The number of nitrogens with zero attached hydrogens (tertiary/aromatic N) is 1. The molecule has 8 heteroatoms. The molecule has 2 aromatic carbocycles. The molecular formula is C18H19ClN2O4S. The van der Waals surface area contributed by atoms with Crippen molar-refractivity contribution in [3.63, 3.8) is 0 Å². The van der Waals surface area contributed by atoms with E-state index < -0.39 is 22.0 Å². The number of ether oxygens (including phenoxy) is 1. The molecule has 3 rings (SSSR count). The molecule has 0 bridgehead atoms. The van der Waals surface area contributed by atoms with E-state index in [2.05, 4.69) is 5.32 Å². The van der Waals surface area contributed by atoms with E-state index in [1.165, 1.54) is 4.31 Å². The third-order valence-electron chi connectivity index (χ3n) is 4.12. The fourth-order valence-electron chi connectivity index (χ4n) is 2.79. The Morgan fingerprint density at radius 1 is 1.23 bits per heavy atom. The Balaban J connectivity index is 1.89. The van der Waals surface area contributed by atoms with Crippen LogP contribution in [-0.4, -0.2) is 33.2 Å². The molecule has 0 unspecified atom stereocenters. The van der Waals surface area contributed by atoms with Gasteiger partial charge in [0.2, 0.25) is 10.0 Å². The molecule has 1 aliphatic rings. The van der Waals surface area contributed by atoms with E-state index in [1.54, 1.807) is 30.3 Å². The largest absolute Gasteiger partial charge is 0.476 e. The van der Waals surface area contributed by atoms with E-state index in [4.69, 9.17) is 16.3 Å². The summed E-state index contributed by atoms with van der Waals surface area (Å²) < 4.78 is 31.4. The minimum Gasteiger partial charge on any atom is -0.476 e. The molecule has 138 valence electrons. The predicted molar refractivity (Wildman–Crippen MR) is 103 cm³/mol. The van der Waals surface area contributed by atoms with Crippen LogP contribution in [-0.2, 0) is 14.8 Å². The zero-order valence-corrected chi connectivity index (χ0v) is 16.2. The van der Waals surface area contributed by atoms with Crippen molar-refractivity contribution >= 4 is 38.9 Å². The Morgan fingerprint density at radius 3 is 2.62 bits per heavy atom. The maximum absolute atomic E-state index is 12.7. The maximum Gasteiger partial charge on any atom is 0.267 e. The van der Waals surface area contributed by atoms with Gasteiger partial charge in [0, 0.05) is 10.7 Å². The number of carbonyl (C=O) groups is 1. The van der Waals surface area contributed by atoms with Gasteiger partial charge in [-0.25, -0.2) is 8.42 Å². The molecule has 1 atom stereocenters. The SMILES string of the molecule is Cc1ccc2c(c1)N(S(C)(=O)=O)C[C@@H](C(=O)Nc1ccc(Cl)cc1C)O2. The van der Waals surface area contributed by atoms with Crippen molar-refractivity contribution < 1.29 is 17.9 Å². The second-order valence-electron chi connectivity index (χ2n) is 6.32. The second kappa shape index (κ2) is 6.81. The minimum atomic E-state index is -3.55. The monoisotopic (exact) mass is 394 g/mol. The summed E-state index contributed by atoms with van der Waals surface area (Å²) >= 11 is 5.93. The van der Waals surface area contributed by atoms with Crippen molar-refractivity contribution in [2.75, 3.05) is 22.4 Å². The highest BCUT2D eigenvalue weighted by Crippen LogP contribution is 2.36. The number of aryl methyl sites for hydroxylation is 2. The van der Waals surface area contributed by atoms with Crippen molar-refractivity contribution in [1.82, 2.24) is 0 Å². The molecule has 1 N–H and O–H groups in total. The zero-order chi connectivity index (χ0) is 19.1. The van der Waals surface area contributed by atoms with E-state index in [0.717, 1.165) is 17.4 Å². The number of rotatable bonds is 3. The first-order valence-corrected chi connectivity index (χ1v) is 10.2. The number of anilines is 2. The molecule has 0 radical (unpaired) electrons. The topological polar surface area (TPSA) is 75.7 Å². The highest BCUT2D eigenvalue weighted by Gasteiger charge is 2.35. The van der Waals surface area contributed by atoms with Crippen molar-refractivity contribution in [3.05, 3.63) is 52.5 Å². The number of halogens is 1. The maximum atomic E-state index is 12.7. The summed E-state index contributed by atoms with van der Waals surface area (Å²) in [6.45, 7) is 3.60. The number of benzene rings is 2. The lowest BCUT2D eigenvalue weighted by atomic mass is 10.1. The number of fused-ring (bicyclic) bond motifs is 1. The first-order chi connectivity index (χ1) is 12.1. The van der Waals surface area contributed by atoms with Crippen molar-refractivity contribution in [2.24, 2.45) is 0 Å². The van der Waals surface area contributed by atoms with Crippen LogP contribution in [0.1, 0.15) is 11.1 Å². The molecule has 1 amide bonds. The van der Waals surface area contributed by atoms with Crippen LogP contribution < -0.4 is 14.4 Å². The van der Waals surface area contributed by atoms with Gasteiger partial charge in [-0.15, -0.1) is 0 Å². The van der Waals surface area contributed by atoms with Crippen molar-refractivity contribution in [1.29, 1.82) is 0 Å². The normalized spacial score (nSPS) is 16.6. The highest BCUT2D eigenvalue weighted by molar-refractivity contribution is 7.92.